The maximum atomic E-state index is 14.5. The highest BCUT2D eigenvalue weighted by atomic mass is 32.1. The number of thiophene rings is 1. The number of rotatable bonds is 2. The fourth-order valence-electron chi connectivity index (χ4n) is 2.95. The first kappa shape index (κ1) is 20.1. The maximum absolute atomic E-state index is 14.5. The van der Waals surface area contributed by atoms with E-state index in [4.69, 9.17) is 14.0 Å². The quantitative estimate of drug-likeness (QED) is 0.766. The summed E-state index contributed by atoms with van der Waals surface area (Å²) in [5.74, 6) is -0.329. The number of nitrogens with one attached hydrogen (secondary N) is 1. The first-order chi connectivity index (χ1) is 12.5. The van der Waals surface area contributed by atoms with Gasteiger partial charge in [-0.3, -0.25) is 5.32 Å². The van der Waals surface area contributed by atoms with E-state index in [-0.39, 0.29) is 11.2 Å². The topological polar surface area (TPSA) is 56.8 Å². The summed E-state index contributed by atoms with van der Waals surface area (Å²) in [4.78, 5) is 12.0. The Kier molecular flexibility index (Phi) is 5.27. The van der Waals surface area contributed by atoms with Crippen molar-refractivity contribution < 1.29 is 23.2 Å². The van der Waals surface area contributed by atoms with E-state index in [2.05, 4.69) is 19.2 Å². The molecule has 1 amide bonds. The van der Waals surface area contributed by atoms with Gasteiger partial charge in [-0.15, -0.1) is 11.3 Å². The van der Waals surface area contributed by atoms with Crippen molar-refractivity contribution in [1.29, 1.82) is 0 Å². The van der Waals surface area contributed by atoms with Gasteiger partial charge in [0.25, 0.3) is 0 Å². The van der Waals surface area contributed by atoms with E-state index >= 15 is 0 Å². The van der Waals surface area contributed by atoms with Gasteiger partial charge in [0.05, 0.1) is 9.70 Å². The van der Waals surface area contributed by atoms with Crippen LogP contribution in [0.25, 0.3) is 10.1 Å². The minimum Gasteiger partial charge on any atom is -0.444 e. The zero-order chi connectivity index (χ0) is 20.0. The van der Waals surface area contributed by atoms with Crippen LogP contribution in [0.3, 0.4) is 0 Å². The van der Waals surface area contributed by atoms with Gasteiger partial charge in [0.15, 0.2) is 0 Å². The molecule has 0 atom stereocenters. The summed E-state index contributed by atoms with van der Waals surface area (Å²) in [5.41, 5.74) is 0.896. The van der Waals surface area contributed by atoms with E-state index in [1.54, 1.807) is 26.8 Å². The van der Waals surface area contributed by atoms with Crippen LogP contribution in [-0.2, 0) is 14.0 Å². The fourth-order valence-corrected chi connectivity index (χ4v) is 3.92. The average Bonchev–Trinajstić information content (AvgIpc) is 2.90. The number of fused-ring (bicyclic) bond motifs is 1. The van der Waals surface area contributed by atoms with Gasteiger partial charge in [-0.2, -0.15) is 0 Å². The van der Waals surface area contributed by atoms with Crippen LogP contribution in [0.4, 0.5) is 14.2 Å². The van der Waals surface area contributed by atoms with Crippen molar-refractivity contribution in [2.45, 2.75) is 47.1 Å². The molecule has 3 rings (SSSR count). The first-order valence-corrected chi connectivity index (χ1v) is 9.73. The molecule has 1 fully saturated rings. The number of hydrogen-bond acceptors (Lipinski definition) is 5. The van der Waals surface area contributed by atoms with Crippen molar-refractivity contribution >= 4 is 45.1 Å². The van der Waals surface area contributed by atoms with Gasteiger partial charge in [0.1, 0.15) is 11.4 Å². The molecule has 0 saturated carbocycles. The number of aryl methyl sites for hydroxylation is 1. The van der Waals surface area contributed by atoms with Crippen LogP contribution in [0, 0.1) is 18.2 Å². The van der Waals surface area contributed by atoms with E-state index in [9.17, 15) is 9.18 Å². The predicted octanol–water partition coefficient (Wildman–Crippen LogP) is 4.46. The lowest BCUT2D eigenvalue weighted by Crippen LogP contribution is -2.48. The number of ether oxygens (including phenoxy) is 1. The van der Waals surface area contributed by atoms with Crippen LogP contribution in [0.2, 0.25) is 0 Å². The second-order valence-electron chi connectivity index (χ2n) is 8.69. The highest BCUT2D eigenvalue weighted by molar-refractivity contribution is 7.23. The molecule has 27 heavy (non-hydrogen) atoms. The van der Waals surface area contributed by atoms with Crippen molar-refractivity contribution in [3.8, 4) is 0 Å². The lowest BCUT2D eigenvalue weighted by atomic mass is 9.72. The standard InChI is InChI=1S/C19H25BFNO4S/c1-11-7-13(21)16-12(15(11)20-24-9-19(5,6)10-25-20)8-14(27-16)22-17(23)26-18(2,3)4/h7-8H,9-10H2,1-6H3,(H,22,23). The van der Waals surface area contributed by atoms with Gasteiger partial charge in [-0.1, -0.05) is 13.8 Å². The molecule has 1 saturated heterocycles. The largest absolute Gasteiger partial charge is 0.494 e. The second kappa shape index (κ2) is 7.07. The van der Waals surface area contributed by atoms with E-state index in [1.807, 2.05) is 6.92 Å². The van der Waals surface area contributed by atoms with E-state index in [1.165, 1.54) is 17.4 Å². The van der Waals surface area contributed by atoms with Gasteiger partial charge in [0.2, 0.25) is 0 Å². The van der Waals surface area contributed by atoms with Crippen LogP contribution < -0.4 is 10.8 Å². The predicted molar refractivity (Wildman–Crippen MR) is 107 cm³/mol. The Labute approximate surface area is 163 Å². The average molecular weight is 393 g/mol. The van der Waals surface area contributed by atoms with Crippen molar-refractivity contribution in [2.24, 2.45) is 5.41 Å². The minimum atomic E-state index is -0.607. The molecule has 5 nitrogen and oxygen atoms in total. The van der Waals surface area contributed by atoms with Crippen LogP contribution >= 0.6 is 11.3 Å². The Morgan fingerprint density at radius 3 is 2.52 bits per heavy atom. The molecule has 0 aliphatic carbocycles. The van der Waals surface area contributed by atoms with Crippen molar-refractivity contribution in [3.05, 3.63) is 23.5 Å². The van der Waals surface area contributed by atoms with Gasteiger partial charge < -0.3 is 14.0 Å². The Morgan fingerprint density at radius 2 is 1.93 bits per heavy atom. The number of carbonyl (C=O) groups excluding carboxylic acids is 1. The van der Waals surface area contributed by atoms with Crippen LogP contribution in [0.5, 0.6) is 0 Å². The second-order valence-corrected chi connectivity index (χ2v) is 9.74. The monoisotopic (exact) mass is 393 g/mol. The number of carbonyl (C=O) groups is 1. The zero-order valence-corrected chi connectivity index (χ0v) is 17.4. The molecule has 8 heteroatoms. The SMILES string of the molecule is Cc1cc(F)c2sc(NC(=O)OC(C)(C)C)cc2c1B1OCC(C)(C)CO1. The first-order valence-electron chi connectivity index (χ1n) is 8.91. The van der Waals surface area contributed by atoms with Crippen molar-refractivity contribution in [1.82, 2.24) is 0 Å². The van der Waals surface area contributed by atoms with E-state index in [0.29, 0.717) is 28.3 Å². The molecule has 146 valence electrons. The molecule has 1 aliphatic heterocycles. The number of amides is 1. The molecule has 1 aliphatic rings. The highest BCUT2D eigenvalue weighted by Gasteiger charge is 2.36. The summed E-state index contributed by atoms with van der Waals surface area (Å²) in [6, 6.07) is 3.24. The van der Waals surface area contributed by atoms with Gasteiger partial charge >= 0.3 is 13.2 Å². The third-order valence-corrected chi connectivity index (χ3v) is 5.18. The third kappa shape index (κ3) is 4.62. The lowest BCUT2D eigenvalue weighted by molar-refractivity contribution is 0.0344. The van der Waals surface area contributed by atoms with Crippen molar-refractivity contribution in [2.75, 3.05) is 18.5 Å². The lowest BCUT2D eigenvalue weighted by Gasteiger charge is -2.33. The zero-order valence-electron chi connectivity index (χ0n) is 16.6. The van der Waals surface area contributed by atoms with Crippen LogP contribution in [-0.4, -0.2) is 32.0 Å². The molecule has 1 aromatic carbocycles. The van der Waals surface area contributed by atoms with Crippen LogP contribution in [0.15, 0.2) is 12.1 Å². The van der Waals surface area contributed by atoms with Gasteiger partial charge in [-0.05, 0) is 56.2 Å². The molecule has 2 heterocycles. The maximum Gasteiger partial charge on any atom is 0.494 e. The number of benzene rings is 1. The Morgan fingerprint density at radius 1 is 1.30 bits per heavy atom. The molecular formula is C19H25BFNO4S. The van der Waals surface area contributed by atoms with Gasteiger partial charge in [0, 0.05) is 18.6 Å². The smallest absolute Gasteiger partial charge is 0.444 e. The molecule has 1 aromatic heterocycles. The molecule has 0 unspecified atom stereocenters. The van der Waals surface area contributed by atoms with Crippen molar-refractivity contribution in [3.63, 3.8) is 0 Å². The Bertz CT molecular complexity index is 865. The van der Waals surface area contributed by atoms with Gasteiger partial charge in [-0.25, -0.2) is 9.18 Å². The molecule has 1 N–H and O–H groups in total. The molecular weight excluding hydrogens is 368 g/mol. The summed E-state index contributed by atoms with van der Waals surface area (Å²) in [6.07, 6.45) is -0.570. The summed E-state index contributed by atoms with van der Waals surface area (Å²) >= 11 is 1.17. The Balaban J connectivity index is 1.93. The third-order valence-electron chi connectivity index (χ3n) is 4.12. The summed E-state index contributed by atoms with van der Waals surface area (Å²) in [6.45, 7) is 12.5. The fraction of sp³-hybridized carbons (Fsp3) is 0.526. The molecule has 0 spiro atoms. The molecule has 2 aromatic rings. The minimum absolute atomic E-state index is 0.0539. The number of anilines is 1. The summed E-state index contributed by atoms with van der Waals surface area (Å²) in [5, 5.41) is 3.89. The molecule has 0 bridgehead atoms. The summed E-state index contributed by atoms with van der Waals surface area (Å²) in [7, 11) is -0.551. The van der Waals surface area contributed by atoms with Crippen LogP contribution in [0.1, 0.15) is 40.2 Å². The highest BCUT2D eigenvalue weighted by Crippen LogP contribution is 2.33. The summed E-state index contributed by atoms with van der Waals surface area (Å²) < 4.78 is 32.1. The Hall–Kier alpha value is -1.64. The normalized spacial score (nSPS) is 17.2. The van der Waals surface area contributed by atoms with E-state index < -0.39 is 18.8 Å². The van der Waals surface area contributed by atoms with E-state index in [0.717, 1.165) is 11.0 Å². The number of halogens is 1. The number of hydrogen-bond donors (Lipinski definition) is 1. The molecule has 0 radical (unpaired) electrons.